The van der Waals surface area contributed by atoms with Crippen molar-refractivity contribution in [3.05, 3.63) is 23.5 Å². The Morgan fingerprint density at radius 2 is 2.21 bits per heavy atom. The highest BCUT2D eigenvalue weighted by Crippen LogP contribution is 2.43. The molecule has 0 aliphatic carbocycles. The first-order valence-electron chi connectivity index (χ1n) is 4.82. The van der Waals surface area contributed by atoms with Crippen LogP contribution in [-0.2, 0) is 4.79 Å². The van der Waals surface area contributed by atoms with Crippen LogP contribution in [0.15, 0.2) is 23.5 Å². The molecule has 0 amide bonds. The molecule has 1 rings (SSSR count). The second kappa shape index (κ2) is 4.22. The number of hydrogen-bond donors (Lipinski definition) is 1. The van der Waals surface area contributed by atoms with Gasteiger partial charge in [0, 0.05) is 5.57 Å². The average molecular weight is 212 g/mol. The Bertz CT molecular complexity index is 304. The van der Waals surface area contributed by atoms with Crippen molar-refractivity contribution >= 4 is 16.9 Å². The maximum atomic E-state index is 11.3. The topological polar surface area (TPSA) is 37.3 Å². The van der Waals surface area contributed by atoms with Gasteiger partial charge in [-0.25, -0.2) is 0 Å². The first-order valence-corrected chi connectivity index (χ1v) is 5.64. The normalized spacial score (nSPS) is 28.1. The van der Waals surface area contributed by atoms with Crippen molar-refractivity contribution in [1.82, 2.24) is 0 Å². The summed E-state index contributed by atoms with van der Waals surface area (Å²) in [6.45, 7) is 5.64. The number of hydrogen-bond acceptors (Lipinski definition) is 3. The van der Waals surface area contributed by atoms with Gasteiger partial charge in [-0.1, -0.05) is 37.3 Å². The van der Waals surface area contributed by atoms with E-state index in [4.69, 9.17) is 0 Å². The Morgan fingerprint density at radius 3 is 2.64 bits per heavy atom. The molecule has 0 aromatic heterocycles. The van der Waals surface area contributed by atoms with Crippen molar-refractivity contribution in [2.24, 2.45) is 0 Å². The molecule has 1 aliphatic heterocycles. The lowest BCUT2D eigenvalue weighted by Gasteiger charge is -2.17. The van der Waals surface area contributed by atoms with Crippen LogP contribution in [0.1, 0.15) is 33.6 Å². The highest BCUT2D eigenvalue weighted by Gasteiger charge is 2.39. The van der Waals surface area contributed by atoms with Crippen LogP contribution >= 0.6 is 11.8 Å². The van der Waals surface area contributed by atoms with E-state index < -0.39 is 4.75 Å². The van der Waals surface area contributed by atoms with Gasteiger partial charge in [-0.2, -0.15) is 0 Å². The van der Waals surface area contributed by atoms with Crippen molar-refractivity contribution in [2.45, 2.75) is 38.4 Å². The van der Waals surface area contributed by atoms with Crippen LogP contribution in [0.2, 0.25) is 0 Å². The summed E-state index contributed by atoms with van der Waals surface area (Å²) in [6, 6.07) is 0. The Kier molecular flexibility index (Phi) is 3.43. The third-order valence-corrected chi connectivity index (χ3v) is 3.57. The molecule has 78 valence electrons. The van der Waals surface area contributed by atoms with Crippen LogP contribution in [-0.4, -0.2) is 15.0 Å². The summed E-state index contributed by atoms with van der Waals surface area (Å²) < 4.78 is -0.531. The third kappa shape index (κ3) is 2.03. The molecular weight excluding hydrogens is 196 g/mol. The maximum Gasteiger partial charge on any atom is 0.219 e. The second-order valence-electron chi connectivity index (χ2n) is 3.66. The molecule has 0 saturated heterocycles. The fourth-order valence-corrected chi connectivity index (χ4v) is 2.42. The lowest BCUT2D eigenvalue weighted by atomic mass is 10.0. The van der Waals surface area contributed by atoms with Crippen molar-refractivity contribution in [2.75, 3.05) is 0 Å². The summed E-state index contributed by atoms with van der Waals surface area (Å²) in [7, 11) is 0. The molecule has 3 heteroatoms. The first-order chi connectivity index (χ1) is 6.51. The summed E-state index contributed by atoms with van der Waals surface area (Å²) in [6.07, 6.45) is 6.01. The SMILES string of the molecule is CCC/C=C/[C@]1(C)SC(=O)C(C)=C1O. The van der Waals surface area contributed by atoms with E-state index in [-0.39, 0.29) is 10.9 Å². The Hall–Kier alpha value is -0.700. The van der Waals surface area contributed by atoms with Crippen molar-refractivity contribution < 1.29 is 9.90 Å². The van der Waals surface area contributed by atoms with Gasteiger partial charge in [0.1, 0.15) is 5.76 Å². The summed E-state index contributed by atoms with van der Waals surface area (Å²) in [5, 5.41) is 9.75. The van der Waals surface area contributed by atoms with Crippen LogP contribution in [0.3, 0.4) is 0 Å². The summed E-state index contributed by atoms with van der Waals surface area (Å²) in [4.78, 5) is 11.3. The highest BCUT2D eigenvalue weighted by molar-refractivity contribution is 8.16. The van der Waals surface area contributed by atoms with Crippen LogP contribution in [0, 0.1) is 0 Å². The first kappa shape index (κ1) is 11.4. The number of carbonyl (C=O) groups is 1. The fourth-order valence-electron chi connectivity index (χ4n) is 1.37. The predicted molar refractivity (Wildman–Crippen MR) is 60.4 cm³/mol. The monoisotopic (exact) mass is 212 g/mol. The zero-order valence-electron chi connectivity index (χ0n) is 8.83. The zero-order valence-corrected chi connectivity index (χ0v) is 9.65. The molecular formula is C11H16O2S. The molecule has 0 aromatic rings. The van der Waals surface area contributed by atoms with Crippen molar-refractivity contribution in [3.63, 3.8) is 0 Å². The van der Waals surface area contributed by atoms with E-state index in [1.165, 1.54) is 11.8 Å². The minimum Gasteiger partial charge on any atom is -0.510 e. The maximum absolute atomic E-state index is 11.3. The van der Waals surface area contributed by atoms with E-state index in [1.807, 2.05) is 19.1 Å². The summed E-state index contributed by atoms with van der Waals surface area (Å²) >= 11 is 1.18. The molecule has 0 aromatic carbocycles. The van der Waals surface area contributed by atoms with Gasteiger partial charge in [0.2, 0.25) is 5.12 Å². The smallest absolute Gasteiger partial charge is 0.219 e. The van der Waals surface area contributed by atoms with E-state index in [2.05, 4.69) is 6.92 Å². The average Bonchev–Trinajstić information content (AvgIpc) is 2.32. The minimum atomic E-state index is -0.531. The molecule has 14 heavy (non-hydrogen) atoms. The van der Waals surface area contributed by atoms with Crippen molar-refractivity contribution in [1.29, 1.82) is 0 Å². The lowest BCUT2D eigenvalue weighted by Crippen LogP contribution is -2.16. The number of allylic oxidation sites excluding steroid dienone is 1. The molecule has 0 bridgehead atoms. The van der Waals surface area contributed by atoms with Gasteiger partial charge >= 0.3 is 0 Å². The van der Waals surface area contributed by atoms with Crippen LogP contribution < -0.4 is 0 Å². The minimum absolute atomic E-state index is 0.0221. The van der Waals surface area contributed by atoms with E-state index in [0.717, 1.165) is 12.8 Å². The quantitative estimate of drug-likeness (QED) is 0.730. The van der Waals surface area contributed by atoms with Gasteiger partial charge < -0.3 is 5.11 Å². The number of aliphatic hydroxyl groups excluding tert-OH is 1. The molecule has 1 N–H and O–H groups in total. The largest absolute Gasteiger partial charge is 0.510 e. The van der Waals surface area contributed by atoms with Crippen LogP contribution in [0.25, 0.3) is 0 Å². The summed E-state index contributed by atoms with van der Waals surface area (Å²) in [5.74, 6) is 0.208. The molecule has 0 saturated carbocycles. The fraction of sp³-hybridized carbons (Fsp3) is 0.545. The third-order valence-electron chi connectivity index (χ3n) is 2.33. The van der Waals surface area contributed by atoms with Gasteiger partial charge in [0.15, 0.2) is 0 Å². The van der Waals surface area contributed by atoms with Crippen molar-refractivity contribution in [3.8, 4) is 0 Å². The van der Waals surface area contributed by atoms with Crippen LogP contribution in [0.4, 0.5) is 0 Å². The zero-order chi connectivity index (χ0) is 10.8. The highest BCUT2D eigenvalue weighted by atomic mass is 32.2. The molecule has 0 unspecified atom stereocenters. The standard InChI is InChI=1S/C11H16O2S/c1-4-5-6-7-11(3)9(12)8(2)10(13)14-11/h6-7,12H,4-5H2,1-3H3/b7-6+/t11-/m0/s1. The molecule has 1 heterocycles. The Morgan fingerprint density at radius 1 is 1.57 bits per heavy atom. The van der Waals surface area contributed by atoms with Gasteiger partial charge in [-0.3, -0.25) is 4.79 Å². The van der Waals surface area contributed by atoms with E-state index in [1.54, 1.807) is 6.92 Å². The predicted octanol–water partition coefficient (Wildman–Crippen LogP) is 3.21. The lowest BCUT2D eigenvalue weighted by molar-refractivity contribution is -0.107. The van der Waals surface area contributed by atoms with Crippen LogP contribution in [0.5, 0.6) is 0 Å². The van der Waals surface area contributed by atoms with Gasteiger partial charge in [0.25, 0.3) is 0 Å². The molecule has 1 atom stereocenters. The molecule has 2 nitrogen and oxygen atoms in total. The van der Waals surface area contributed by atoms with Gasteiger partial charge in [0.05, 0.1) is 4.75 Å². The number of rotatable bonds is 3. The number of aliphatic hydroxyl groups is 1. The summed E-state index contributed by atoms with van der Waals surface area (Å²) in [5.41, 5.74) is 0.485. The molecule has 0 radical (unpaired) electrons. The Balaban J connectivity index is 2.83. The van der Waals surface area contributed by atoms with Gasteiger partial charge in [-0.15, -0.1) is 0 Å². The molecule has 0 fully saturated rings. The number of carbonyl (C=O) groups excluding carboxylic acids is 1. The van der Waals surface area contributed by atoms with E-state index >= 15 is 0 Å². The molecule has 1 aliphatic rings. The van der Waals surface area contributed by atoms with E-state index in [9.17, 15) is 9.90 Å². The second-order valence-corrected chi connectivity index (χ2v) is 5.08. The Labute approximate surface area is 89.1 Å². The number of unbranched alkanes of at least 4 members (excludes halogenated alkanes) is 1. The van der Waals surface area contributed by atoms with Gasteiger partial charge in [-0.05, 0) is 20.3 Å². The number of thioether (sulfide) groups is 1. The van der Waals surface area contributed by atoms with E-state index in [0.29, 0.717) is 5.57 Å². The molecule has 0 spiro atoms.